The van der Waals surface area contributed by atoms with Crippen LogP contribution in [0.5, 0.6) is 0 Å². The summed E-state index contributed by atoms with van der Waals surface area (Å²) in [5.41, 5.74) is 0. The van der Waals surface area contributed by atoms with Gasteiger partial charge < -0.3 is 0 Å². The number of ketones is 1. The number of hydrogen-bond donors (Lipinski definition) is 1. The van der Waals surface area contributed by atoms with E-state index in [0.717, 1.165) is 0 Å². The Kier molecular flexibility index (Phi) is 1.77. The molecule has 1 aliphatic rings. The number of carbonyl (C=O) groups is 1. The second-order valence-corrected chi connectivity index (χ2v) is 1.67. The van der Waals surface area contributed by atoms with Crippen molar-refractivity contribution in [2.24, 2.45) is 0 Å². The lowest BCUT2D eigenvalue weighted by molar-refractivity contribution is -0.258. The van der Waals surface area contributed by atoms with Crippen LogP contribution in [0.25, 0.3) is 0 Å². The highest BCUT2D eigenvalue weighted by molar-refractivity contribution is 5.96. The molecule has 3 nitrogen and oxygen atoms in total. The van der Waals surface area contributed by atoms with Gasteiger partial charge in [0.25, 0.3) is 0 Å². The topological polar surface area (TPSA) is 46.5 Å². The van der Waals surface area contributed by atoms with Gasteiger partial charge in [-0.1, -0.05) is 12.2 Å². The Hall–Kier alpha value is -0.930. The molecule has 0 heterocycles. The standard InChI is InChI=1S/C6H6O3/c7-5-3-1-2-4-6(5)9-8/h1-4,6,8H. The van der Waals surface area contributed by atoms with Crippen LogP contribution in [0.2, 0.25) is 0 Å². The number of hydrogen-bond acceptors (Lipinski definition) is 3. The molecule has 0 aromatic heterocycles. The normalized spacial score (nSPS) is 25.0. The van der Waals surface area contributed by atoms with Crippen LogP contribution >= 0.6 is 0 Å². The first kappa shape index (κ1) is 6.19. The van der Waals surface area contributed by atoms with E-state index in [9.17, 15) is 4.79 Å². The van der Waals surface area contributed by atoms with Gasteiger partial charge in [-0.3, -0.25) is 10.1 Å². The first-order chi connectivity index (χ1) is 4.34. The maximum absolute atomic E-state index is 10.6. The third kappa shape index (κ3) is 1.25. The molecule has 1 rings (SSSR count). The molecule has 0 saturated heterocycles. The highest BCUT2D eigenvalue weighted by atomic mass is 17.1. The van der Waals surface area contributed by atoms with Gasteiger partial charge in [0.1, 0.15) is 0 Å². The summed E-state index contributed by atoms with van der Waals surface area (Å²) in [5, 5.41) is 8.06. The highest BCUT2D eigenvalue weighted by Gasteiger charge is 2.13. The van der Waals surface area contributed by atoms with Crippen molar-refractivity contribution < 1.29 is 14.9 Å². The summed E-state index contributed by atoms with van der Waals surface area (Å²) in [4.78, 5) is 14.4. The van der Waals surface area contributed by atoms with Crippen molar-refractivity contribution in [3.63, 3.8) is 0 Å². The van der Waals surface area contributed by atoms with Gasteiger partial charge in [-0.05, 0) is 12.2 Å². The Morgan fingerprint density at radius 1 is 1.56 bits per heavy atom. The van der Waals surface area contributed by atoms with Crippen LogP contribution in [-0.2, 0) is 9.68 Å². The second kappa shape index (κ2) is 2.57. The zero-order chi connectivity index (χ0) is 6.69. The Labute approximate surface area is 52.2 Å². The highest BCUT2D eigenvalue weighted by Crippen LogP contribution is 2.01. The summed E-state index contributed by atoms with van der Waals surface area (Å²) < 4.78 is 0. The van der Waals surface area contributed by atoms with E-state index in [4.69, 9.17) is 5.26 Å². The van der Waals surface area contributed by atoms with Crippen molar-refractivity contribution in [2.75, 3.05) is 0 Å². The maximum atomic E-state index is 10.6. The molecule has 1 N–H and O–H groups in total. The van der Waals surface area contributed by atoms with Crippen LogP contribution in [-0.4, -0.2) is 17.1 Å². The SMILES string of the molecule is O=C1C=CC=CC1OO. The average Bonchev–Trinajstić information content (AvgIpc) is 1.89. The summed E-state index contributed by atoms with van der Waals surface area (Å²) in [5.74, 6) is -0.236. The largest absolute Gasteiger partial charge is 0.291 e. The first-order valence-electron chi connectivity index (χ1n) is 2.53. The quantitative estimate of drug-likeness (QED) is 0.412. The summed E-state index contributed by atoms with van der Waals surface area (Å²) in [6, 6.07) is 0. The molecule has 0 aromatic rings. The van der Waals surface area contributed by atoms with E-state index in [2.05, 4.69) is 4.89 Å². The number of rotatable bonds is 1. The monoisotopic (exact) mass is 126 g/mol. The van der Waals surface area contributed by atoms with Crippen LogP contribution < -0.4 is 0 Å². The van der Waals surface area contributed by atoms with Crippen molar-refractivity contribution in [3.8, 4) is 0 Å². The molecule has 1 aliphatic carbocycles. The molecule has 0 bridgehead atoms. The summed E-state index contributed by atoms with van der Waals surface area (Å²) in [7, 11) is 0. The van der Waals surface area contributed by atoms with Gasteiger partial charge in [-0.2, -0.15) is 0 Å². The number of allylic oxidation sites excluding steroid dienone is 2. The zero-order valence-electron chi connectivity index (χ0n) is 4.65. The van der Waals surface area contributed by atoms with Crippen molar-refractivity contribution in [1.82, 2.24) is 0 Å². The van der Waals surface area contributed by atoms with Gasteiger partial charge in [0, 0.05) is 0 Å². The summed E-state index contributed by atoms with van der Waals surface area (Å²) in [6.07, 6.45) is 5.26. The lowest BCUT2D eigenvalue weighted by Gasteiger charge is -2.05. The van der Waals surface area contributed by atoms with E-state index in [0.29, 0.717) is 0 Å². The Balaban J connectivity index is 2.66. The minimum absolute atomic E-state index is 0.236. The molecule has 0 amide bonds. The van der Waals surface area contributed by atoms with Crippen LogP contribution in [0.15, 0.2) is 24.3 Å². The zero-order valence-corrected chi connectivity index (χ0v) is 4.65. The fourth-order valence-corrected chi connectivity index (χ4v) is 0.592. The Morgan fingerprint density at radius 2 is 2.33 bits per heavy atom. The fourth-order valence-electron chi connectivity index (χ4n) is 0.592. The van der Waals surface area contributed by atoms with E-state index >= 15 is 0 Å². The third-order valence-electron chi connectivity index (χ3n) is 1.05. The van der Waals surface area contributed by atoms with Gasteiger partial charge in [0.2, 0.25) is 0 Å². The molecule has 0 fully saturated rings. The van der Waals surface area contributed by atoms with Crippen LogP contribution in [0, 0.1) is 0 Å². The van der Waals surface area contributed by atoms with Crippen molar-refractivity contribution in [2.45, 2.75) is 6.10 Å². The van der Waals surface area contributed by atoms with Crippen LogP contribution in [0.4, 0.5) is 0 Å². The fraction of sp³-hybridized carbons (Fsp3) is 0.167. The molecule has 1 unspecified atom stereocenters. The Morgan fingerprint density at radius 3 is 2.78 bits per heavy atom. The van der Waals surface area contributed by atoms with Gasteiger partial charge in [0.15, 0.2) is 11.9 Å². The predicted molar refractivity (Wildman–Crippen MR) is 30.8 cm³/mol. The molecule has 3 heteroatoms. The molecule has 0 aliphatic heterocycles. The minimum atomic E-state index is -0.796. The van der Waals surface area contributed by atoms with Gasteiger partial charge >= 0.3 is 0 Å². The van der Waals surface area contributed by atoms with Crippen molar-refractivity contribution >= 4 is 5.78 Å². The van der Waals surface area contributed by atoms with Crippen LogP contribution in [0.1, 0.15) is 0 Å². The summed E-state index contributed by atoms with van der Waals surface area (Å²) in [6.45, 7) is 0. The first-order valence-corrected chi connectivity index (χ1v) is 2.53. The molecule has 0 radical (unpaired) electrons. The van der Waals surface area contributed by atoms with Crippen molar-refractivity contribution in [3.05, 3.63) is 24.3 Å². The van der Waals surface area contributed by atoms with Gasteiger partial charge in [-0.15, -0.1) is 0 Å². The van der Waals surface area contributed by atoms with E-state index < -0.39 is 6.10 Å². The smallest absolute Gasteiger partial charge is 0.191 e. The predicted octanol–water partition coefficient (Wildman–Crippen LogP) is 0.540. The Bertz CT molecular complexity index is 169. The van der Waals surface area contributed by atoms with Crippen LogP contribution in [0.3, 0.4) is 0 Å². The minimum Gasteiger partial charge on any atom is -0.291 e. The molecule has 0 saturated carbocycles. The molecule has 9 heavy (non-hydrogen) atoms. The third-order valence-corrected chi connectivity index (χ3v) is 1.05. The molecule has 0 aromatic carbocycles. The van der Waals surface area contributed by atoms with Crippen molar-refractivity contribution in [1.29, 1.82) is 0 Å². The second-order valence-electron chi connectivity index (χ2n) is 1.67. The summed E-state index contributed by atoms with van der Waals surface area (Å²) >= 11 is 0. The number of carbonyl (C=O) groups excluding carboxylic acids is 1. The molecule has 48 valence electrons. The molecule has 0 spiro atoms. The van der Waals surface area contributed by atoms with E-state index in [1.807, 2.05) is 0 Å². The molecule has 1 atom stereocenters. The van der Waals surface area contributed by atoms with E-state index in [-0.39, 0.29) is 5.78 Å². The van der Waals surface area contributed by atoms with Gasteiger partial charge in [0.05, 0.1) is 0 Å². The molecular weight excluding hydrogens is 120 g/mol. The average molecular weight is 126 g/mol. The lowest BCUT2D eigenvalue weighted by Crippen LogP contribution is -2.19. The van der Waals surface area contributed by atoms with E-state index in [1.165, 1.54) is 12.2 Å². The van der Waals surface area contributed by atoms with Gasteiger partial charge in [-0.25, -0.2) is 4.89 Å². The van der Waals surface area contributed by atoms with E-state index in [1.54, 1.807) is 12.2 Å². The lowest BCUT2D eigenvalue weighted by atomic mass is 10.1. The molecular formula is C6H6O3. The maximum Gasteiger partial charge on any atom is 0.191 e.